The molecule has 0 bridgehead atoms. The first kappa shape index (κ1) is 22.6. The average Bonchev–Trinajstić information content (AvgIpc) is 2.66. The number of hydrogen-bond acceptors (Lipinski definition) is 4. The predicted octanol–water partition coefficient (Wildman–Crippen LogP) is 2.25. The summed E-state index contributed by atoms with van der Waals surface area (Å²) in [6.07, 6.45) is 5.07. The van der Waals surface area contributed by atoms with Gasteiger partial charge in [0.2, 0.25) is 10.0 Å². The molecule has 8 heteroatoms. The van der Waals surface area contributed by atoms with Crippen molar-refractivity contribution in [2.45, 2.75) is 51.0 Å². The van der Waals surface area contributed by atoms with Crippen molar-refractivity contribution in [3.05, 3.63) is 29.8 Å². The van der Waals surface area contributed by atoms with Gasteiger partial charge in [-0.15, -0.1) is 0 Å². The van der Waals surface area contributed by atoms with Crippen LogP contribution in [0.25, 0.3) is 0 Å². The van der Waals surface area contributed by atoms with Gasteiger partial charge in [-0.1, -0.05) is 25.5 Å². The van der Waals surface area contributed by atoms with E-state index >= 15 is 0 Å². The van der Waals surface area contributed by atoms with Gasteiger partial charge in [-0.25, -0.2) is 18.1 Å². The van der Waals surface area contributed by atoms with Gasteiger partial charge in [-0.3, -0.25) is 0 Å². The van der Waals surface area contributed by atoms with Crippen molar-refractivity contribution in [3.63, 3.8) is 0 Å². The van der Waals surface area contributed by atoms with Crippen LogP contribution in [-0.2, 0) is 21.3 Å². The quantitative estimate of drug-likeness (QED) is 0.296. The Bertz CT molecular complexity index is 723. The van der Waals surface area contributed by atoms with E-state index in [0.717, 1.165) is 24.6 Å². The van der Waals surface area contributed by atoms with Crippen molar-refractivity contribution in [3.8, 4) is 0 Å². The first-order chi connectivity index (χ1) is 13.4. The Hall–Kier alpha value is -1.64. The summed E-state index contributed by atoms with van der Waals surface area (Å²) in [4.78, 5) is 4.89. The highest BCUT2D eigenvalue weighted by Gasteiger charge is 2.34. The number of ether oxygens (including phenoxy) is 1. The molecule has 1 aliphatic carbocycles. The molecule has 0 aliphatic heterocycles. The number of guanidine groups is 1. The molecule has 0 radical (unpaired) electrons. The Morgan fingerprint density at radius 1 is 1.18 bits per heavy atom. The van der Waals surface area contributed by atoms with Crippen molar-refractivity contribution in [2.24, 2.45) is 10.4 Å². The molecule has 1 fully saturated rings. The topological polar surface area (TPSA) is 91.8 Å². The number of sulfonamides is 1. The molecule has 1 aromatic carbocycles. The Kier molecular flexibility index (Phi) is 8.72. The number of rotatable bonds is 11. The SMILES string of the molecule is CCNC(=NCc1ccc(S(=O)(=O)NCCOC)cc1)NCC1(CC)CCC1. The molecular weight excluding hydrogens is 376 g/mol. The maximum Gasteiger partial charge on any atom is 0.240 e. The van der Waals surface area contributed by atoms with Crippen LogP contribution in [0, 0.1) is 5.41 Å². The molecule has 0 heterocycles. The van der Waals surface area contributed by atoms with E-state index in [9.17, 15) is 8.42 Å². The van der Waals surface area contributed by atoms with Crippen molar-refractivity contribution < 1.29 is 13.2 Å². The third kappa shape index (κ3) is 6.46. The molecule has 0 saturated heterocycles. The maximum absolute atomic E-state index is 12.2. The fourth-order valence-corrected chi connectivity index (χ4v) is 4.26. The molecule has 0 atom stereocenters. The molecule has 158 valence electrons. The summed E-state index contributed by atoms with van der Waals surface area (Å²) in [7, 11) is -1.97. The molecule has 0 aromatic heterocycles. The van der Waals surface area contributed by atoms with Crippen molar-refractivity contribution in [2.75, 3.05) is 33.4 Å². The summed E-state index contributed by atoms with van der Waals surface area (Å²) in [5.41, 5.74) is 1.38. The number of benzene rings is 1. The van der Waals surface area contributed by atoms with Crippen LogP contribution in [0.3, 0.4) is 0 Å². The van der Waals surface area contributed by atoms with Crippen LogP contribution in [0.2, 0.25) is 0 Å². The summed E-state index contributed by atoms with van der Waals surface area (Å²) in [6, 6.07) is 6.83. The Morgan fingerprint density at radius 3 is 2.43 bits per heavy atom. The largest absolute Gasteiger partial charge is 0.383 e. The van der Waals surface area contributed by atoms with Gasteiger partial charge in [0.15, 0.2) is 5.96 Å². The van der Waals surface area contributed by atoms with E-state index < -0.39 is 10.0 Å². The molecule has 28 heavy (non-hydrogen) atoms. The second-order valence-electron chi connectivity index (χ2n) is 7.29. The molecule has 0 amide bonds. The minimum absolute atomic E-state index is 0.247. The van der Waals surface area contributed by atoms with E-state index in [1.807, 2.05) is 6.92 Å². The second kappa shape index (κ2) is 10.8. The standard InChI is InChI=1S/C20H34N4O3S/c1-4-20(11-6-12-20)16-23-19(21-5-2)22-15-17-7-9-18(10-8-17)28(25,26)24-13-14-27-3/h7-10,24H,4-6,11-16H2,1-3H3,(H2,21,22,23). The molecule has 1 aliphatic rings. The lowest BCUT2D eigenvalue weighted by Gasteiger charge is -2.41. The number of methoxy groups -OCH3 is 1. The lowest BCUT2D eigenvalue weighted by atomic mass is 9.67. The molecule has 2 rings (SSSR count). The van der Waals surface area contributed by atoms with E-state index in [1.54, 1.807) is 24.3 Å². The summed E-state index contributed by atoms with van der Waals surface area (Å²) < 4.78 is 31.8. The molecule has 0 spiro atoms. The smallest absolute Gasteiger partial charge is 0.240 e. The van der Waals surface area contributed by atoms with Gasteiger partial charge >= 0.3 is 0 Å². The summed E-state index contributed by atoms with van der Waals surface area (Å²) in [5.74, 6) is 0.806. The van der Waals surface area contributed by atoms with Crippen molar-refractivity contribution in [1.82, 2.24) is 15.4 Å². The molecule has 0 unspecified atom stereocenters. The van der Waals surface area contributed by atoms with Crippen molar-refractivity contribution in [1.29, 1.82) is 0 Å². The Labute approximate surface area is 169 Å². The Balaban J connectivity index is 1.94. The number of aliphatic imine (C=N–C) groups is 1. The van der Waals surface area contributed by atoms with Crippen LogP contribution in [-0.4, -0.2) is 47.7 Å². The van der Waals surface area contributed by atoms with Gasteiger partial charge in [0.1, 0.15) is 0 Å². The molecule has 1 aromatic rings. The van der Waals surface area contributed by atoms with E-state index in [-0.39, 0.29) is 11.4 Å². The maximum atomic E-state index is 12.2. The predicted molar refractivity (Wildman–Crippen MR) is 113 cm³/mol. The molecule has 1 saturated carbocycles. The van der Waals surface area contributed by atoms with Gasteiger partial charge in [0.05, 0.1) is 18.0 Å². The summed E-state index contributed by atoms with van der Waals surface area (Å²) in [5, 5.41) is 6.75. The van der Waals surface area contributed by atoms with Crippen LogP contribution in [0.5, 0.6) is 0 Å². The van der Waals surface area contributed by atoms with Gasteiger partial charge in [-0.05, 0) is 49.3 Å². The van der Waals surface area contributed by atoms with Crippen LogP contribution in [0.4, 0.5) is 0 Å². The van der Waals surface area contributed by atoms with E-state index in [2.05, 4.69) is 27.3 Å². The minimum atomic E-state index is -3.50. The lowest BCUT2D eigenvalue weighted by molar-refractivity contribution is 0.131. The summed E-state index contributed by atoms with van der Waals surface area (Å²) in [6.45, 7) is 7.13. The van der Waals surface area contributed by atoms with E-state index in [4.69, 9.17) is 4.74 Å². The zero-order chi connectivity index (χ0) is 20.5. The lowest BCUT2D eigenvalue weighted by Crippen LogP contribution is -2.46. The first-order valence-electron chi connectivity index (χ1n) is 10.0. The third-order valence-electron chi connectivity index (χ3n) is 5.39. The van der Waals surface area contributed by atoms with Crippen molar-refractivity contribution >= 4 is 16.0 Å². The van der Waals surface area contributed by atoms with E-state index in [0.29, 0.717) is 18.6 Å². The first-order valence-corrected chi connectivity index (χ1v) is 11.5. The van der Waals surface area contributed by atoms with Crippen LogP contribution >= 0.6 is 0 Å². The number of hydrogen-bond donors (Lipinski definition) is 3. The second-order valence-corrected chi connectivity index (χ2v) is 9.06. The number of nitrogens with zero attached hydrogens (tertiary/aromatic N) is 1. The average molecular weight is 411 g/mol. The zero-order valence-electron chi connectivity index (χ0n) is 17.3. The van der Waals surface area contributed by atoms with Gasteiger partial charge < -0.3 is 15.4 Å². The third-order valence-corrected chi connectivity index (χ3v) is 6.87. The monoisotopic (exact) mass is 410 g/mol. The van der Waals surface area contributed by atoms with Crippen LogP contribution in [0.1, 0.15) is 45.1 Å². The Morgan fingerprint density at radius 2 is 1.89 bits per heavy atom. The summed E-state index contributed by atoms with van der Waals surface area (Å²) >= 11 is 0. The van der Waals surface area contributed by atoms with Gasteiger partial charge in [0, 0.05) is 26.7 Å². The normalized spacial score (nSPS) is 16.5. The fourth-order valence-electron chi connectivity index (χ4n) is 3.25. The molecule has 3 N–H and O–H groups in total. The highest BCUT2D eigenvalue weighted by molar-refractivity contribution is 7.89. The number of nitrogens with one attached hydrogen (secondary N) is 3. The minimum Gasteiger partial charge on any atom is -0.383 e. The highest BCUT2D eigenvalue weighted by Crippen LogP contribution is 2.42. The zero-order valence-corrected chi connectivity index (χ0v) is 18.1. The molecular formula is C20H34N4O3S. The van der Waals surface area contributed by atoms with Crippen LogP contribution < -0.4 is 15.4 Å². The molecule has 7 nitrogen and oxygen atoms in total. The van der Waals surface area contributed by atoms with E-state index in [1.165, 1.54) is 32.8 Å². The van der Waals surface area contributed by atoms with Gasteiger partial charge in [-0.2, -0.15) is 0 Å². The highest BCUT2D eigenvalue weighted by atomic mass is 32.2. The fraction of sp³-hybridized carbons (Fsp3) is 0.650. The van der Waals surface area contributed by atoms with Crippen LogP contribution in [0.15, 0.2) is 34.2 Å². The van der Waals surface area contributed by atoms with Gasteiger partial charge in [0.25, 0.3) is 0 Å².